The zero-order valence-electron chi connectivity index (χ0n) is 10.9. The number of nitrogens with two attached hydrogens (primary N) is 1. The minimum absolute atomic E-state index is 0.217. The van der Waals surface area contributed by atoms with Crippen LogP contribution in [0.5, 0.6) is 0 Å². The highest BCUT2D eigenvalue weighted by molar-refractivity contribution is 5.79. The van der Waals surface area contributed by atoms with Crippen molar-refractivity contribution in [3.63, 3.8) is 0 Å². The molecule has 2 N–H and O–H groups in total. The number of carbonyl (C=O) groups is 1. The van der Waals surface area contributed by atoms with Gasteiger partial charge in [-0.15, -0.1) is 0 Å². The molecule has 0 bridgehead atoms. The number of hydrogen-bond donors (Lipinski definition) is 1. The van der Waals surface area contributed by atoms with Gasteiger partial charge >= 0.3 is 0 Å². The highest BCUT2D eigenvalue weighted by atomic mass is 16.2. The van der Waals surface area contributed by atoms with Gasteiger partial charge in [-0.25, -0.2) is 4.98 Å². The van der Waals surface area contributed by atoms with E-state index in [4.69, 9.17) is 5.73 Å². The van der Waals surface area contributed by atoms with Gasteiger partial charge in [0, 0.05) is 26.1 Å². The number of aromatic nitrogens is 2. The number of amides is 1. The van der Waals surface area contributed by atoms with Crippen molar-refractivity contribution in [2.24, 2.45) is 0 Å². The van der Waals surface area contributed by atoms with Crippen molar-refractivity contribution in [3.8, 4) is 0 Å². The van der Waals surface area contributed by atoms with Crippen LogP contribution in [0.25, 0.3) is 11.0 Å². The lowest BCUT2D eigenvalue weighted by molar-refractivity contribution is -0.130. The Morgan fingerprint density at radius 1 is 1.26 bits per heavy atom. The van der Waals surface area contributed by atoms with Crippen LogP contribution in [-0.2, 0) is 11.3 Å². The molecule has 1 aromatic carbocycles. The summed E-state index contributed by atoms with van der Waals surface area (Å²) >= 11 is 0. The van der Waals surface area contributed by atoms with E-state index >= 15 is 0 Å². The number of rotatable bonds is 3. The molecule has 2 aromatic rings. The maximum Gasteiger partial charge on any atom is 0.224 e. The normalized spacial score (nSPS) is 15.3. The van der Waals surface area contributed by atoms with Gasteiger partial charge in [-0.05, 0) is 25.0 Å². The van der Waals surface area contributed by atoms with Gasteiger partial charge in [-0.3, -0.25) is 4.79 Å². The average Bonchev–Trinajstić information content (AvgIpc) is 3.03. The molecule has 0 aliphatic carbocycles. The van der Waals surface area contributed by atoms with Crippen molar-refractivity contribution >= 4 is 22.9 Å². The summed E-state index contributed by atoms with van der Waals surface area (Å²) in [6, 6.07) is 7.82. The van der Waals surface area contributed by atoms with E-state index < -0.39 is 0 Å². The summed E-state index contributed by atoms with van der Waals surface area (Å²) in [5, 5.41) is 0. The van der Waals surface area contributed by atoms with E-state index in [1.54, 1.807) is 0 Å². The number of benzene rings is 1. The predicted octanol–water partition coefficient (Wildman–Crippen LogP) is 1.63. The second-order valence-electron chi connectivity index (χ2n) is 4.95. The van der Waals surface area contributed by atoms with Crippen LogP contribution in [0, 0.1) is 0 Å². The summed E-state index contributed by atoms with van der Waals surface area (Å²) in [6.07, 6.45) is 2.74. The van der Waals surface area contributed by atoms with Gasteiger partial charge < -0.3 is 15.2 Å². The number of hydrogen-bond acceptors (Lipinski definition) is 3. The molecule has 1 aromatic heterocycles. The Morgan fingerprint density at radius 2 is 2.00 bits per heavy atom. The Bertz CT molecular complexity index is 599. The van der Waals surface area contributed by atoms with E-state index in [9.17, 15) is 4.79 Å². The Morgan fingerprint density at radius 3 is 2.79 bits per heavy atom. The summed E-state index contributed by atoms with van der Waals surface area (Å²) in [6.45, 7) is 2.40. The largest absolute Gasteiger partial charge is 0.369 e. The number of fused-ring (bicyclic) bond motifs is 1. The van der Waals surface area contributed by atoms with Gasteiger partial charge in [0.15, 0.2) is 0 Å². The summed E-state index contributed by atoms with van der Waals surface area (Å²) < 4.78 is 1.92. The molecule has 1 amide bonds. The van der Waals surface area contributed by atoms with Crippen molar-refractivity contribution in [1.82, 2.24) is 14.5 Å². The van der Waals surface area contributed by atoms with Crippen LogP contribution in [0.4, 0.5) is 5.95 Å². The van der Waals surface area contributed by atoms with Gasteiger partial charge in [-0.2, -0.15) is 0 Å². The second kappa shape index (κ2) is 4.91. The molecule has 0 unspecified atom stereocenters. The summed E-state index contributed by atoms with van der Waals surface area (Å²) in [4.78, 5) is 18.3. The summed E-state index contributed by atoms with van der Waals surface area (Å²) in [5.41, 5.74) is 7.80. The first-order chi connectivity index (χ1) is 9.25. The van der Waals surface area contributed by atoms with Gasteiger partial charge in [0.05, 0.1) is 11.0 Å². The standard InChI is InChI=1S/C14H18N4O/c15-14-16-11-5-1-2-6-12(11)18(14)10-7-13(19)17-8-3-4-9-17/h1-2,5-6H,3-4,7-10H2,(H2,15,16). The molecular formula is C14H18N4O. The topological polar surface area (TPSA) is 64.1 Å². The van der Waals surface area contributed by atoms with Crippen LogP contribution in [0.15, 0.2) is 24.3 Å². The fourth-order valence-electron chi connectivity index (χ4n) is 2.66. The van der Waals surface area contributed by atoms with Crippen molar-refractivity contribution < 1.29 is 4.79 Å². The number of para-hydroxylation sites is 2. The van der Waals surface area contributed by atoms with Crippen LogP contribution in [0.3, 0.4) is 0 Å². The number of carbonyl (C=O) groups excluding carboxylic acids is 1. The van der Waals surface area contributed by atoms with Gasteiger partial charge in [0.25, 0.3) is 0 Å². The predicted molar refractivity (Wildman–Crippen MR) is 74.6 cm³/mol. The fourth-order valence-corrected chi connectivity index (χ4v) is 2.66. The lowest BCUT2D eigenvalue weighted by Gasteiger charge is -2.15. The molecule has 5 nitrogen and oxygen atoms in total. The molecule has 2 heterocycles. The Hall–Kier alpha value is -2.04. The maximum absolute atomic E-state index is 12.0. The van der Waals surface area contributed by atoms with Gasteiger partial charge in [-0.1, -0.05) is 12.1 Å². The number of aryl methyl sites for hydroxylation is 1. The quantitative estimate of drug-likeness (QED) is 0.910. The molecular weight excluding hydrogens is 240 g/mol. The molecule has 19 heavy (non-hydrogen) atoms. The summed E-state index contributed by atoms with van der Waals surface area (Å²) in [5.74, 6) is 0.699. The van der Waals surface area contributed by atoms with Crippen LogP contribution in [0.1, 0.15) is 19.3 Å². The molecule has 5 heteroatoms. The van der Waals surface area contributed by atoms with Gasteiger partial charge in [0.2, 0.25) is 11.9 Å². The third-order valence-electron chi connectivity index (χ3n) is 3.69. The smallest absolute Gasteiger partial charge is 0.224 e. The molecule has 0 saturated carbocycles. The van der Waals surface area contributed by atoms with Crippen molar-refractivity contribution in [2.45, 2.75) is 25.8 Å². The van der Waals surface area contributed by atoms with Crippen molar-refractivity contribution in [2.75, 3.05) is 18.8 Å². The first-order valence-corrected chi connectivity index (χ1v) is 6.74. The molecule has 0 atom stereocenters. The average molecular weight is 258 g/mol. The maximum atomic E-state index is 12.0. The minimum Gasteiger partial charge on any atom is -0.369 e. The van der Waals surface area contributed by atoms with Crippen molar-refractivity contribution in [1.29, 1.82) is 0 Å². The minimum atomic E-state index is 0.217. The third-order valence-corrected chi connectivity index (χ3v) is 3.69. The fraction of sp³-hybridized carbons (Fsp3) is 0.429. The van der Waals surface area contributed by atoms with Crippen LogP contribution in [0.2, 0.25) is 0 Å². The molecule has 1 fully saturated rings. The van der Waals surface area contributed by atoms with E-state index in [0.29, 0.717) is 18.9 Å². The van der Waals surface area contributed by atoms with E-state index in [0.717, 1.165) is 37.0 Å². The number of nitrogen functional groups attached to an aromatic ring is 1. The monoisotopic (exact) mass is 258 g/mol. The first kappa shape index (κ1) is 12.0. The van der Waals surface area contributed by atoms with Gasteiger partial charge in [0.1, 0.15) is 0 Å². The van der Waals surface area contributed by atoms with Crippen LogP contribution < -0.4 is 5.73 Å². The second-order valence-corrected chi connectivity index (χ2v) is 4.95. The molecule has 3 rings (SSSR count). The summed E-state index contributed by atoms with van der Waals surface area (Å²) in [7, 11) is 0. The molecule has 0 radical (unpaired) electrons. The zero-order chi connectivity index (χ0) is 13.2. The number of likely N-dealkylation sites (tertiary alicyclic amines) is 1. The number of imidazole rings is 1. The van der Waals surface area contributed by atoms with Crippen LogP contribution >= 0.6 is 0 Å². The zero-order valence-corrected chi connectivity index (χ0v) is 10.9. The van der Waals surface area contributed by atoms with E-state index in [2.05, 4.69) is 4.98 Å². The van der Waals surface area contributed by atoms with Crippen LogP contribution in [-0.4, -0.2) is 33.4 Å². The highest BCUT2D eigenvalue weighted by Gasteiger charge is 2.18. The Kier molecular flexibility index (Phi) is 3.11. The molecule has 100 valence electrons. The molecule has 1 aliphatic rings. The third kappa shape index (κ3) is 2.28. The van der Waals surface area contributed by atoms with E-state index in [1.807, 2.05) is 33.7 Å². The lowest BCUT2D eigenvalue weighted by Crippen LogP contribution is -2.28. The van der Waals surface area contributed by atoms with E-state index in [1.165, 1.54) is 0 Å². The number of nitrogens with zero attached hydrogens (tertiary/aromatic N) is 3. The molecule has 1 saturated heterocycles. The van der Waals surface area contributed by atoms with Crippen molar-refractivity contribution in [3.05, 3.63) is 24.3 Å². The highest BCUT2D eigenvalue weighted by Crippen LogP contribution is 2.18. The first-order valence-electron chi connectivity index (χ1n) is 6.74. The molecule has 0 spiro atoms. The Labute approximate surface area is 112 Å². The Balaban J connectivity index is 1.74. The lowest BCUT2D eigenvalue weighted by atomic mass is 10.3. The molecule has 1 aliphatic heterocycles. The number of anilines is 1. The van der Waals surface area contributed by atoms with E-state index in [-0.39, 0.29) is 5.91 Å². The SMILES string of the molecule is Nc1nc2ccccc2n1CCC(=O)N1CCCC1.